The highest BCUT2D eigenvalue weighted by molar-refractivity contribution is 7.89. The van der Waals surface area contributed by atoms with E-state index in [9.17, 15) is 8.42 Å². The molecule has 8 heteroatoms. The average Bonchev–Trinajstić information content (AvgIpc) is 2.33. The van der Waals surface area contributed by atoms with Gasteiger partial charge in [-0.1, -0.05) is 23.2 Å². The number of sulfonamides is 1. The molecule has 4 nitrogen and oxygen atoms in total. The molecule has 1 aliphatic heterocycles. The first-order valence-corrected chi connectivity index (χ1v) is 7.91. The quantitative estimate of drug-likeness (QED) is 0.884. The Bertz CT molecular complexity index is 531. The Balaban J connectivity index is 0.00000180. The second kappa shape index (κ2) is 7.11. The largest absolute Gasteiger partial charge is 0.315 e. The maximum Gasteiger partial charge on any atom is 0.242 e. The Morgan fingerprint density at radius 2 is 2.05 bits per heavy atom. The summed E-state index contributed by atoms with van der Waals surface area (Å²) in [6, 6.07) is 4.31. The van der Waals surface area contributed by atoms with Gasteiger partial charge in [-0.15, -0.1) is 12.4 Å². The second-order valence-corrected chi connectivity index (χ2v) is 6.77. The van der Waals surface area contributed by atoms with Gasteiger partial charge in [-0.05, 0) is 37.6 Å². The number of piperidine rings is 1. The number of benzene rings is 1. The van der Waals surface area contributed by atoms with Crippen LogP contribution >= 0.6 is 35.6 Å². The summed E-state index contributed by atoms with van der Waals surface area (Å²) in [7, 11) is -3.62. The highest BCUT2D eigenvalue weighted by atomic mass is 35.5. The Hall–Kier alpha value is -0.0400. The van der Waals surface area contributed by atoms with Gasteiger partial charge in [0.2, 0.25) is 10.0 Å². The lowest BCUT2D eigenvalue weighted by Gasteiger charge is -2.23. The summed E-state index contributed by atoms with van der Waals surface area (Å²) in [5.74, 6) is 0. The molecule has 1 aliphatic rings. The van der Waals surface area contributed by atoms with Gasteiger partial charge in [0, 0.05) is 17.6 Å². The van der Waals surface area contributed by atoms with E-state index in [0.717, 1.165) is 19.4 Å². The third kappa shape index (κ3) is 4.48. The maximum atomic E-state index is 12.2. The first-order chi connectivity index (χ1) is 8.49. The molecule has 1 heterocycles. The molecule has 1 fully saturated rings. The molecular weight excluding hydrogens is 331 g/mol. The molecule has 1 saturated heterocycles. The lowest BCUT2D eigenvalue weighted by atomic mass is 10.1. The van der Waals surface area contributed by atoms with Crippen LogP contribution in [-0.2, 0) is 10.0 Å². The van der Waals surface area contributed by atoms with Crippen LogP contribution in [0.2, 0.25) is 10.0 Å². The van der Waals surface area contributed by atoms with Crippen molar-refractivity contribution in [1.29, 1.82) is 0 Å². The SMILES string of the molecule is Cl.O=S(=O)(N[C@H]1CCCNC1)c1cc(Cl)ccc1Cl. The van der Waals surface area contributed by atoms with Crippen molar-refractivity contribution in [2.24, 2.45) is 0 Å². The first-order valence-electron chi connectivity index (χ1n) is 5.67. The predicted molar refractivity (Wildman–Crippen MR) is 79.9 cm³/mol. The third-order valence-electron chi connectivity index (χ3n) is 2.80. The van der Waals surface area contributed by atoms with Crippen molar-refractivity contribution in [1.82, 2.24) is 10.0 Å². The van der Waals surface area contributed by atoms with Crippen LogP contribution in [-0.4, -0.2) is 27.5 Å². The highest BCUT2D eigenvalue weighted by Gasteiger charge is 2.23. The van der Waals surface area contributed by atoms with Gasteiger partial charge in [-0.2, -0.15) is 0 Å². The molecule has 0 aliphatic carbocycles. The summed E-state index contributed by atoms with van der Waals surface area (Å²) >= 11 is 11.7. The summed E-state index contributed by atoms with van der Waals surface area (Å²) < 4.78 is 27.0. The van der Waals surface area contributed by atoms with Gasteiger partial charge in [-0.3, -0.25) is 0 Å². The minimum Gasteiger partial charge on any atom is -0.315 e. The molecule has 0 bridgehead atoms. The summed E-state index contributed by atoms with van der Waals surface area (Å²) in [6.45, 7) is 1.56. The standard InChI is InChI=1S/C11H14Cl2N2O2S.ClH/c12-8-3-4-10(13)11(6-8)18(16,17)15-9-2-1-5-14-7-9;/h3-4,6,9,14-15H,1-2,5,7H2;1H/t9-;/m0./s1. The second-order valence-electron chi connectivity index (χ2n) is 4.24. The van der Waals surface area contributed by atoms with Crippen molar-refractivity contribution < 1.29 is 8.42 Å². The molecule has 1 aromatic rings. The fourth-order valence-corrected chi connectivity index (χ4v) is 3.95. The van der Waals surface area contributed by atoms with Crippen LogP contribution in [0.25, 0.3) is 0 Å². The van der Waals surface area contributed by atoms with Gasteiger partial charge < -0.3 is 5.32 Å². The van der Waals surface area contributed by atoms with Crippen molar-refractivity contribution in [3.63, 3.8) is 0 Å². The van der Waals surface area contributed by atoms with Crippen molar-refractivity contribution in [2.75, 3.05) is 13.1 Å². The summed E-state index contributed by atoms with van der Waals surface area (Å²) in [4.78, 5) is 0.0299. The average molecular weight is 346 g/mol. The molecule has 0 unspecified atom stereocenters. The van der Waals surface area contributed by atoms with Crippen LogP contribution in [0.5, 0.6) is 0 Å². The fraction of sp³-hybridized carbons (Fsp3) is 0.455. The molecule has 0 radical (unpaired) electrons. The molecule has 19 heavy (non-hydrogen) atoms. The maximum absolute atomic E-state index is 12.2. The zero-order valence-corrected chi connectivity index (χ0v) is 13.2. The lowest BCUT2D eigenvalue weighted by molar-refractivity contribution is 0.428. The van der Waals surface area contributed by atoms with E-state index in [0.29, 0.717) is 11.6 Å². The van der Waals surface area contributed by atoms with Gasteiger partial charge in [0.15, 0.2) is 0 Å². The van der Waals surface area contributed by atoms with E-state index in [-0.39, 0.29) is 28.4 Å². The van der Waals surface area contributed by atoms with Crippen molar-refractivity contribution in [3.8, 4) is 0 Å². The van der Waals surface area contributed by atoms with Crippen LogP contribution in [0.3, 0.4) is 0 Å². The van der Waals surface area contributed by atoms with E-state index in [4.69, 9.17) is 23.2 Å². The number of halogens is 3. The zero-order chi connectivity index (χ0) is 13.2. The monoisotopic (exact) mass is 344 g/mol. The van der Waals surface area contributed by atoms with E-state index in [1.54, 1.807) is 6.07 Å². The molecule has 0 saturated carbocycles. The summed E-state index contributed by atoms with van der Waals surface area (Å²) in [5.41, 5.74) is 0. The van der Waals surface area contributed by atoms with Crippen molar-refractivity contribution in [2.45, 2.75) is 23.8 Å². The van der Waals surface area contributed by atoms with Crippen molar-refractivity contribution >= 4 is 45.6 Å². The number of hydrogen-bond donors (Lipinski definition) is 2. The van der Waals surface area contributed by atoms with Crippen LogP contribution in [0.4, 0.5) is 0 Å². The van der Waals surface area contributed by atoms with Crippen LogP contribution < -0.4 is 10.0 Å². The summed E-state index contributed by atoms with van der Waals surface area (Å²) in [6.07, 6.45) is 1.78. The van der Waals surface area contributed by atoms with E-state index < -0.39 is 10.0 Å². The molecule has 2 rings (SSSR count). The van der Waals surface area contributed by atoms with Gasteiger partial charge in [-0.25, -0.2) is 13.1 Å². The molecule has 1 aromatic carbocycles. The Morgan fingerprint density at radius 1 is 1.32 bits per heavy atom. The topological polar surface area (TPSA) is 58.2 Å². The van der Waals surface area contributed by atoms with E-state index in [2.05, 4.69) is 10.0 Å². The zero-order valence-electron chi connectivity index (χ0n) is 10.0. The summed E-state index contributed by atoms with van der Waals surface area (Å²) in [5, 5.41) is 3.67. The third-order valence-corrected chi connectivity index (χ3v) is 5.04. The Morgan fingerprint density at radius 3 is 2.68 bits per heavy atom. The smallest absolute Gasteiger partial charge is 0.242 e. The normalized spacial score (nSPS) is 19.8. The lowest BCUT2D eigenvalue weighted by Crippen LogP contribution is -2.45. The molecule has 1 atom stereocenters. The molecular formula is C11H15Cl3N2O2S. The van der Waals surface area contributed by atoms with E-state index in [1.807, 2.05) is 0 Å². The molecule has 0 aromatic heterocycles. The molecule has 0 spiro atoms. The molecule has 0 amide bonds. The number of hydrogen-bond acceptors (Lipinski definition) is 3. The fourth-order valence-electron chi connectivity index (χ4n) is 1.92. The molecule has 2 N–H and O–H groups in total. The number of rotatable bonds is 3. The van der Waals surface area contributed by atoms with E-state index >= 15 is 0 Å². The van der Waals surface area contributed by atoms with Gasteiger partial charge in [0.25, 0.3) is 0 Å². The van der Waals surface area contributed by atoms with Gasteiger partial charge in [0.1, 0.15) is 4.90 Å². The number of nitrogens with one attached hydrogen (secondary N) is 2. The molecule has 108 valence electrons. The van der Waals surface area contributed by atoms with Crippen LogP contribution in [0.1, 0.15) is 12.8 Å². The Kier molecular flexibility index (Phi) is 6.36. The first kappa shape index (κ1) is 17.0. The van der Waals surface area contributed by atoms with Gasteiger partial charge >= 0.3 is 0 Å². The van der Waals surface area contributed by atoms with Crippen LogP contribution in [0, 0.1) is 0 Å². The van der Waals surface area contributed by atoms with Crippen molar-refractivity contribution in [3.05, 3.63) is 28.2 Å². The van der Waals surface area contributed by atoms with E-state index in [1.165, 1.54) is 12.1 Å². The highest BCUT2D eigenvalue weighted by Crippen LogP contribution is 2.25. The minimum absolute atomic E-state index is 0. The minimum atomic E-state index is -3.62. The predicted octanol–water partition coefficient (Wildman–Crippen LogP) is 2.45. The van der Waals surface area contributed by atoms with Crippen LogP contribution in [0.15, 0.2) is 23.1 Å². The van der Waals surface area contributed by atoms with Gasteiger partial charge in [0.05, 0.1) is 5.02 Å². The Labute approximate surface area is 129 Å².